The third-order valence-electron chi connectivity index (χ3n) is 2.51. The zero-order chi connectivity index (χ0) is 14.7. The maximum absolute atomic E-state index is 12.9. The fraction of sp³-hybridized carbons (Fsp3) is 0.167. The summed E-state index contributed by atoms with van der Waals surface area (Å²) in [6, 6.07) is 4.00. The minimum Gasteiger partial charge on any atom is -0.288 e. The van der Waals surface area contributed by atoms with Crippen LogP contribution in [0.5, 0.6) is 0 Å². The molecule has 8 heteroatoms. The minimum absolute atomic E-state index is 0.109. The van der Waals surface area contributed by atoms with Gasteiger partial charge in [-0.1, -0.05) is 11.6 Å². The molecule has 1 heterocycles. The normalized spacial score (nSPS) is 11.5. The van der Waals surface area contributed by atoms with Crippen LogP contribution in [0, 0.1) is 12.7 Å². The molecule has 0 unspecified atom stereocenters. The Morgan fingerprint density at radius 1 is 1.45 bits per heavy atom. The Labute approximate surface area is 118 Å². The van der Waals surface area contributed by atoms with Crippen molar-refractivity contribution in [3.05, 3.63) is 50.7 Å². The fourth-order valence-electron chi connectivity index (χ4n) is 1.42. The van der Waals surface area contributed by atoms with Crippen LogP contribution < -0.4 is 11.0 Å². The van der Waals surface area contributed by atoms with E-state index in [0.29, 0.717) is 11.3 Å². The summed E-state index contributed by atoms with van der Waals surface area (Å²) in [7, 11) is 0. The van der Waals surface area contributed by atoms with Gasteiger partial charge in [-0.3, -0.25) is 9.78 Å². The number of hydrogen-bond donors (Lipinski definition) is 2. The topological polar surface area (TPSA) is 83.0 Å². The quantitative estimate of drug-likeness (QED) is 0.671. The summed E-state index contributed by atoms with van der Waals surface area (Å²) in [5, 5.41) is 11.6. The van der Waals surface area contributed by atoms with E-state index in [9.17, 15) is 9.18 Å². The Morgan fingerprint density at radius 2 is 2.20 bits per heavy atom. The highest BCUT2D eigenvalue weighted by molar-refractivity contribution is 6.34. The van der Waals surface area contributed by atoms with Gasteiger partial charge in [0.2, 0.25) is 5.95 Å². The van der Waals surface area contributed by atoms with Gasteiger partial charge in [-0.05, 0) is 32.0 Å². The van der Waals surface area contributed by atoms with Crippen LogP contribution in [0.3, 0.4) is 0 Å². The number of hydrogen-bond acceptors (Lipinski definition) is 5. The smallest absolute Gasteiger partial charge is 0.274 e. The van der Waals surface area contributed by atoms with Crippen LogP contribution in [0.2, 0.25) is 5.02 Å². The van der Waals surface area contributed by atoms with Gasteiger partial charge in [-0.25, -0.2) is 9.82 Å². The Morgan fingerprint density at radius 3 is 2.85 bits per heavy atom. The molecule has 0 aliphatic carbocycles. The average molecular weight is 296 g/mol. The predicted molar refractivity (Wildman–Crippen MR) is 74.6 cm³/mol. The minimum atomic E-state index is -0.423. The molecule has 6 nitrogen and oxygen atoms in total. The summed E-state index contributed by atoms with van der Waals surface area (Å²) in [6.45, 7) is 3.23. The van der Waals surface area contributed by atoms with Crippen LogP contribution >= 0.6 is 11.6 Å². The van der Waals surface area contributed by atoms with Crippen LogP contribution in [0.4, 0.5) is 10.3 Å². The lowest BCUT2D eigenvalue weighted by Gasteiger charge is -2.04. The molecule has 2 aromatic rings. The van der Waals surface area contributed by atoms with E-state index in [1.807, 2.05) is 0 Å². The molecule has 0 atom stereocenters. The number of anilines is 1. The highest BCUT2D eigenvalue weighted by atomic mass is 35.5. The van der Waals surface area contributed by atoms with Gasteiger partial charge in [0, 0.05) is 5.56 Å². The van der Waals surface area contributed by atoms with Gasteiger partial charge in [0.1, 0.15) is 11.5 Å². The Hall–Kier alpha value is -2.28. The number of halogens is 2. The van der Waals surface area contributed by atoms with Crippen molar-refractivity contribution in [3.63, 3.8) is 0 Å². The van der Waals surface area contributed by atoms with Gasteiger partial charge in [-0.15, -0.1) is 10.2 Å². The van der Waals surface area contributed by atoms with Crippen molar-refractivity contribution in [2.75, 3.05) is 5.43 Å². The van der Waals surface area contributed by atoms with E-state index in [2.05, 4.69) is 25.7 Å². The van der Waals surface area contributed by atoms with E-state index in [4.69, 9.17) is 11.6 Å². The molecule has 2 rings (SSSR count). The number of nitrogens with zero attached hydrogens (tertiary/aromatic N) is 3. The molecular formula is C12H11ClFN5O. The van der Waals surface area contributed by atoms with Crippen LogP contribution in [0.15, 0.2) is 28.1 Å². The molecule has 0 radical (unpaired) electrons. The average Bonchev–Trinajstić information content (AvgIpc) is 2.40. The Balaban J connectivity index is 2.22. The Kier molecular flexibility index (Phi) is 4.09. The second-order valence-electron chi connectivity index (χ2n) is 4.02. The van der Waals surface area contributed by atoms with E-state index >= 15 is 0 Å². The molecule has 0 aliphatic heterocycles. The fourth-order valence-corrected chi connectivity index (χ4v) is 1.73. The summed E-state index contributed by atoms with van der Waals surface area (Å²) in [5.74, 6) is -0.313. The number of aromatic amines is 1. The number of benzene rings is 1. The number of H-pyrrole nitrogens is 1. The summed E-state index contributed by atoms with van der Waals surface area (Å²) in [6.07, 6.45) is 0. The highest BCUT2D eigenvalue weighted by Crippen LogP contribution is 2.18. The molecule has 0 aliphatic rings. The first-order chi connectivity index (χ1) is 9.47. The molecule has 104 valence electrons. The number of aryl methyl sites for hydroxylation is 1. The van der Waals surface area contributed by atoms with E-state index < -0.39 is 5.82 Å². The van der Waals surface area contributed by atoms with Gasteiger partial charge in [0.15, 0.2) is 0 Å². The second-order valence-corrected chi connectivity index (χ2v) is 4.43. The van der Waals surface area contributed by atoms with Crippen molar-refractivity contribution < 1.29 is 4.39 Å². The van der Waals surface area contributed by atoms with Gasteiger partial charge in [0.25, 0.3) is 5.56 Å². The lowest BCUT2D eigenvalue weighted by atomic mass is 10.1. The van der Waals surface area contributed by atoms with Crippen molar-refractivity contribution in [3.8, 4) is 0 Å². The molecule has 20 heavy (non-hydrogen) atoms. The van der Waals surface area contributed by atoms with Gasteiger partial charge in [-0.2, -0.15) is 5.10 Å². The van der Waals surface area contributed by atoms with Gasteiger partial charge >= 0.3 is 0 Å². The van der Waals surface area contributed by atoms with Crippen molar-refractivity contribution in [2.24, 2.45) is 5.10 Å². The molecule has 0 saturated carbocycles. The molecule has 0 saturated heterocycles. The first kappa shape index (κ1) is 14.1. The summed E-state index contributed by atoms with van der Waals surface area (Å²) < 4.78 is 12.9. The first-order valence-electron chi connectivity index (χ1n) is 5.66. The molecule has 0 amide bonds. The third kappa shape index (κ3) is 3.18. The first-order valence-corrected chi connectivity index (χ1v) is 6.04. The van der Waals surface area contributed by atoms with Gasteiger partial charge < -0.3 is 0 Å². The SMILES string of the molecule is C/C(=N/Nc1nnc(C)c(=O)[nH]1)c1ccc(F)cc1Cl. The van der Waals surface area contributed by atoms with Crippen molar-refractivity contribution in [1.82, 2.24) is 15.2 Å². The largest absolute Gasteiger partial charge is 0.288 e. The third-order valence-corrected chi connectivity index (χ3v) is 2.82. The van der Waals surface area contributed by atoms with Gasteiger partial charge in [0.05, 0.1) is 10.7 Å². The van der Waals surface area contributed by atoms with E-state index in [0.717, 1.165) is 0 Å². The molecule has 0 bridgehead atoms. The molecule has 1 aromatic carbocycles. The molecule has 1 aromatic heterocycles. The predicted octanol–water partition coefficient (Wildman–Crippen LogP) is 2.10. The zero-order valence-corrected chi connectivity index (χ0v) is 11.5. The highest BCUT2D eigenvalue weighted by Gasteiger charge is 2.05. The van der Waals surface area contributed by atoms with Crippen LogP contribution in [0.25, 0.3) is 0 Å². The lowest BCUT2D eigenvalue weighted by Crippen LogP contribution is -2.16. The van der Waals surface area contributed by atoms with Crippen LogP contribution in [-0.2, 0) is 0 Å². The Bertz CT molecular complexity index is 728. The summed E-state index contributed by atoms with van der Waals surface area (Å²) in [4.78, 5) is 13.8. The number of nitrogens with one attached hydrogen (secondary N) is 2. The molecule has 0 fully saturated rings. The van der Waals surface area contributed by atoms with Crippen molar-refractivity contribution in [1.29, 1.82) is 0 Å². The van der Waals surface area contributed by atoms with E-state index in [-0.39, 0.29) is 22.2 Å². The monoisotopic (exact) mass is 295 g/mol. The van der Waals surface area contributed by atoms with Crippen molar-refractivity contribution >= 4 is 23.3 Å². The maximum Gasteiger partial charge on any atom is 0.274 e. The maximum atomic E-state index is 12.9. The van der Waals surface area contributed by atoms with E-state index in [1.165, 1.54) is 18.2 Å². The number of aromatic nitrogens is 3. The lowest BCUT2D eigenvalue weighted by molar-refractivity contribution is 0.628. The van der Waals surface area contributed by atoms with Crippen molar-refractivity contribution in [2.45, 2.75) is 13.8 Å². The number of rotatable bonds is 3. The van der Waals surface area contributed by atoms with E-state index in [1.54, 1.807) is 13.8 Å². The van der Waals surface area contributed by atoms with Crippen LogP contribution in [0.1, 0.15) is 18.2 Å². The summed E-state index contributed by atoms with van der Waals surface area (Å²) >= 11 is 5.92. The summed E-state index contributed by atoms with van der Waals surface area (Å²) in [5.41, 5.74) is 3.55. The van der Waals surface area contributed by atoms with Crippen LogP contribution in [-0.4, -0.2) is 20.9 Å². The number of hydrazone groups is 1. The molecular weight excluding hydrogens is 285 g/mol. The molecule has 2 N–H and O–H groups in total. The zero-order valence-electron chi connectivity index (χ0n) is 10.7. The standard InChI is InChI=1S/C12H11ClFN5O/c1-6(9-4-3-8(14)5-10(9)13)16-18-12-15-11(20)7(2)17-19-12/h3-5H,1-2H3,(H2,15,18,19,20)/b16-6-. The second kappa shape index (κ2) is 5.79. The molecule has 0 spiro atoms.